The van der Waals surface area contributed by atoms with Gasteiger partial charge >= 0.3 is 0 Å². The number of hydrogen-bond donors (Lipinski definition) is 1. The van der Waals surface area contributed by atoms with E-state index in [2.05, 4.69) is 10.4 Å². The number of nitrogens with one attached hydrogen (secondary N) is 1. The standard InChI is InChI=1S/C25H29N5O4S/c1-3-28(4-2)35(33,34)22-12-10-21(11-13-22)29-18-20(16-24(29)31)25(32)27-23-14-15-26-30(23)17-19-8-6-5-7-9-19/h5-15,20H,3-4,16-18H2,1-2H3,(H,27,32)/t20-/m1/s1. The Balaban J connectivity index is 1.42. The minimum Gasteiger partial charge on any atom is -0.312 e. The summed E-state index contributed by atoms with van der Waals surface area (Å²) in [6, 6.07) is 17.8. The minimum absolute atomic E-state index is 0.0815. The van der Waals surface area contributed by atoms with Crippen LogP contribution in [0.15, 0.2) is 71.8 Å². The molecule has 0 bridgehead atoms. The van der Waals surface area contributed by atoms with Gasteiger partial charge in [0.15, 0.2) is 0 Å². The lowest BCUT2D eigenvalue weighted by atomic mass is 10.1. The van der Waals surface area contributed by atoms with Crippen molar-refractivity contribution in [2.75, 3.05) is 29.9 Å². The van der Waals surface area contributed by atoms with Gasteiger partial charge in [0.25, 0.3) is 0 Å². The van der Waals surface area contributed by atoms with Crippen LogP contribution in [-0.2, 0) is 26.2 Å². The van der Waals surface area contributed by atoms with Gasteiger partial charge in [0.1, 0.15) is 5.82 Å². The van der Waals surface area contributed by atoms with E-state index >= 15 is 0 Å². The van der Waals surface area contributed by atoms with Crippen molar-refractivity contribution in [2.24, 2.45) is 5.92 Å². The molecule has 1 atom stereocenters. The second-order valence-corrected chi connectivity index (χ2v) is 10.3. The second-order valence-electron chi connectivity index (χ2n) is 8.34. The first-order chi connectivity index (χ1) is 16.8. The summed E-state index contributed by atoms with van der Waals surface area (Å²) in [5.41, 5.74) is 1.62. The molecule has 1 saturated heterocycles. The molecule has 2 heterocycles. The first-order valence-corrected chi connectivity index (χ1v) is 13.0. The molecule has 35 heavy (non-hydrogen) atoms. The molecule has 0 radical (unpaired) electrons. The zero-order chi connectivity index (χ0) is 25.0. The van der Waals surface area contributed by atoms with Gasteiger partial charge in [-0.2, -0.15) is 9.40 Å². The van der Waals surface area contributed by atoms with Crippen molar-refractivity contribution in [3.63, 3.8) is 0 Å². The predicted molar refractivity (Wildman–Crippen MR) is 133 cm³/mol. The van der Waals surface area contributed by atoms with Crippen molar-refractivity contribution in [3.05, 3.63) is 72.4 Å². The van der Waals surface area contributed by atoms with Crippen LogP contribution in [0.1, 0.15) is 25.8 Å². The van der Waals surface area contributed by atoms with Crippen molar-refractivity contribution < 1.29 is 18.0 Å². The molecule has 1 N–H and O–H groups in total. The zero-order valence-corrected chi connectivity index (χ0v) is 20.6. The van der Waals surface area contributed by atoms with Gasteiger partial charge in [-0.05, 0) is 29.8 Å². The Hall–Kier alpha value is -3.50. The summed E-state index contributed by atoms with van der Waals surface area (Å²) < 4.78 is 28.5. The highest BCUT2D eigenvalue weighted by molar-refractivity contribution is 7.89. The van der Waals surface area contributed by atoms with E-state index in [0.29, 0.717) is 31.1 Å². The SMILES string of the molecule is CCN(CC)S(=O)(=O)c1ccc(N2C[C@H](C(=O)Nc3ccnn3Cc3ccccc3)CC2=O)cc1. The van der Waals surface area contributed by atoms with E-state index < -0.39 is 15.9 Å². The zero-order valence-electron chi connectivity index (χ0n) is 19.8. The first kappa shape index (κ1) is 24.6. The molecule has 2 aromatic carbocycles. The Morgan fingerprint density at radius 3 is 2.40 bits per heavy atom. The molecule has 3 aromatic rings. The minimum atomic E-state index is -3.58. The van der Waals surface area contributed by atoms with Gasteiger partial charge in [-0.25, -0.2) is 13.1 Å². The Morgan fingerprint density at radius 2 is 1.74 bits per heavy atom. The number of anilines is 2. The van der Waals surface area contributed by atoms with Crippen LogP contribution < -0.4 is 10.2 Å². The summed E-state index contributed by atoms with van der Waals surface area (Å²) in [5.74, 6) is -0.393. The number of amides is 2. The molecule has 10 heteroatoms. The molecule has 0 spiro atoms. The molecule has 1 aliphatic rings. The number of hydrogen-bond acceptors (Lipinski definition) is 5. The third-order valence-corrected chi connectivity index (χ3v) is 8.19. The second kappa shape index (κ2) is 10.4. The molecule has 0 saturated carbocycles. The van der Waals surface area contributed by atoms with E-state index in [4.69, 9.17) is 0 Å². The highest BCUT2D eigenvalue weighted by Gasteiger charge is 2.35. The molecular formula is C25H29N5O4S. The Morgan fingerprint density at radius 1 is 1.06 bits per heavy atom. The largest absolute Gasteiger partial charge is 0.312 e. The van der Waals surface area contributed by atoms with E-state index in [0.717, 1.165) is 5.56 Å². The van der Waals surface area contributed by atoms with E-state index in [1.807, 2.05) is 30.3 Å². The molecule has 0 aliphatic carbocycles. The fraction of sp³-hybridized carbons (Fsp3) is 0.320. The Bertz CT molecular complexity index is 1280. The molecule has 9 nitrogen and oxygen atoms in total. The number of rotatable bonds is 9. The van der Waals surface area contributed by atoms with Gasteiger partial charge in [0.05, 0.1) is 23.6 Å². The highest BCUT2D eigenvalue weighted by atomic mass is 32.2. The summed E-state index contributed by atoms with van der Waals surface area (Å²) in [6.45, 7) is 5.08. The van der Waals surface area contributed by atoms with Crippen LogP contribution in [0.4, 0.5) is 11.5 Å². The van der Waals surface area contributed by atoms with Crippen LogP contribution in [0.5, 0.6) is 0 Å². The average molecular weight is 496 g/mol. The van der Waals surface area contributed by atoms with E-state index in [1.165, 1.54) is 21.3 Å². The molecular weight excluding hydrogens is 466 g/mol. The monoisotopic (exact) mass is 495 g/mol. The fourth-order valence-electron chi connectivity index (χ4n) is 4.19. The van der Waals surface area contributed by atoms with E-state index in [-0.39, 0.29) is 29.7 Å². The maximum atomic E-state index is 13.0. The van der Waals surface area contributed by atoms with Crippen molar-refractivity contribution in [1.29, 1.82) is 0 Å². The summed E-state index contributed by atoms with van der Waals surface area (Å²) >= 11 is 0. The van der Waals surface area contributed by atoms with Crippen molar-refractivity contribution in [1.82, 2.24) is 14.1 Å². The van der Waals surface area contributed by atoms with Crippen molar-refractivity contribution in [2.45, 2.75) is 31.7 Å². The van der Waals surface area contributed by atoms with Crippen LogP contribution in [0.2, 0.25) is 0 Å². The van der Waals surface area contributed by atoms with Crippen LogP contribution in [0.3, 0.4) is 0 Å². The van der Waals surface area contributed by atoms with Crippen LogP contribution in [0.25, 0.3) is 0 Å². The van der Waals surface area contributed by atoms with Crippen LogP contribution in [0, 0.1) is 5.92 Å². The van der Waals surface area contributed by atoms with E-state index in [9.17, 15) is 18.0 Å². The molecule has 1 aromatic heterocycles. The number of carbonyl (C=O) groups excluding carboxylic acids is 2. The van der Waals surface area contributed by atoms with Crippen molar-refractivity contribution in [3.8, 4) is 0 Å². The van der Waals surface area contributed by atoms with Gasteiger partial charge < -0.3 is 10.2 Å². The Kier molecular flexibility index (Phi) is 7.32. The van der Waals surface area contributed by atoms with Gasteiger partial charge in [0.2, 0.25) is 21.8 Å². The molecule has 1 fully saturated rings. The summed E-state index contributed by atoms with van der Waals surface area (Å²) in [4.78, 5) is 27.3. The molecule has 4 rings (SSSR count). The summed E-state index contributed by atoms with van der Waals surface area (Å²) in [6.07, 6.45) is 1.70. The molecule has 2 amide bonds. The summed E-state index contributed by atoms with van der Waals surface area (Å²) in [5, 5.41) is 7.19. The normalized spacial score (nSPS) is 16.1. The van der Waals surface area contributed by atoms with Gasteiger partial charge in [-0.1, -0.05) is 44.2 Å². The third-order valence-electron chi connectivity index (χ3n) is 6.13. The maximum Gasteiger partial charge on any atom is 0.243 e. The quantitative estimate of drug-likeness (QED) is 0.492. The maximum absolute atomic E-state index is 13.0. The van der Waals surface area contributed by atoms with Gasteiger partial charge in [-0.3, -0.25) is 9.59 Å². The Labute approximate surface area is 205 Å². The smallest absolute Gasteiger partial charge is 0.243 e. The highest BCUT2D eigenvalue weighted by Crippen LogP contribution is 2.28. The van der Waals surface area contributed by atoms with Gasteiger partial charge in [-0.15, -0.1) is 0 Å². The molecule has 184 valence electrons. The van der Waals surface area contributed by atoms with E-state index in [1.54, 1.807) is 42.9 Å². The van der Waals surface area contributed by atoms with Crippen LogP contribution in [-0.4, -0.2) is 54.0 Å². The number of benzene rings is 2. The number of aromatic nitrogens is 2. The number of carbonyl (C=O) groups is 2. The number of nitrogens with zero attached hydrogens (tertiary/aromatic N) is 4. The lowest BCUT2D eigenvalue weighted by Crippen LogP contribution is -2.31. The first-order valence-electron chi connectivity index (χ1n) is 11.6. The van der Waals surface area contributed by atoms with Gasteiger partial charge in [0, 0.05) is 37.8 Å². The lowest BCUT2D eigenvalue weighted by molar-refractivity contribution is -0.122. The van der Waals surface area contributed by atoms with Crippen LogP contribution >= 0.6 is 0 Å². The fourth-order valence-corrected chi connectivity index (χ4v) is 5.65. The third kappa shape index (κ3) is 5.28. The predicted octanol–water partition coefficient (Wildman–Crippen LogP) is 2.95. The topological polar surface area (TPSA) is 105 Å². The lowest BCUT2D eigenvalue weighted by Gasteiger charge is -2.20. The molecule has 1 aliphatic heterocycles. The number of sulfonamides is 1. The average Bonchev–Trinajstić information content (AvgIpc) is 3.46. The molecule has 0 unspecified atom stereocenters. The summed E-state index contributed by atoms with van der Waals surface area (Å²) in [7, 11) is -3.58. The van der Waals surface area contributed by atoms with Crippen molar-refractivity contribution >= 4 is 33.3 Å².